The van der Waals surface area contributed by atoms with Crippen LogP contribution in [-0.4, -0.2) is 45.2 Å². The van der Waals surface area contributed by atoms with Gasteiger partial charge in [0, 0.05) is 6.54 Å². The lowest BCUT2D eigenvalue weighted by atomic mass is 10.1. The summed E-state index contributed by atoms with van der Waals surface area (Å²) in [6.45, 7) is 1.08. The Hall–Kier alpha value is -1.24. The Balaban J connectivity index is 2.82. The first-order chi connectivity index (χ1) is 7.50. The summed E-state index contributed by atoms with van der Waals surface area (Å²) in [6, 6.07) is 0. The molecule has 0 aliphatic carbocycles. The van der Waals surface area contributed by atoms with Crippen molar-refractivity contribution in [3.8, 4) is 0 Å². The van der Waals surface area contributed by atoms with Gasteiger partial charge >= 0.3 is 0 Å². The Bertz CT molecular complexity index is 384. The average Bonchev–Trinajstić information content (AvgIpc) is 2.26. The molecule has 1 heterocycles. The molecule has 3 N–H and O–H groups in total. The average molecular weight is 246 g/mol. The van der Waals surface area contributed by atoms with E-state index in [1.807, 2.05) is 0 Å². The van der Waals surface area contributed by atoms with Gasteiger partial charge in [0.1, 0.15) is 22.9 Å². The molecule has 0 aromatic carbocycles. The van der Waals surface area contributed by atoms with Crippen molar-refractivity contribution in [3.05, 3.63) is 17.0 Å². The first-order valence-electron chi connectivity index (χ1n) is 4.53. The third kappa shape index (κ3) is 3.13. The van der Waals surface area contributed by atoms with E-state index in [4.69, 9.17) is 16.7 Å². The quantitative estimate of drug-likeness (QED) is 0.503. The van der Waals surface area contributed by atoms with Gasteiger partial charge in [-0.2, -0.15) is 0 Å². The van der Waals surface area contributed by atoms with Gasteiger partial charge in [-0.25, -0.2) is 9.97 Å². The zero-order valence-electron chi connectivity index (χ0n) is 8.64. The number of nitrogens with one attached hydrogen (secondary N) is 1. The Labute approximate surface area is 97.3 Å². The topological polar surface area (TPSA) is 95.3 Å². The molecule has 0 saturated carbocycles. The van der Waals surface area contributed by atoms with E-state index in [2.05, 4.69) is 15.3 Å². The SMILES string of the molecule is CC(O)(CO)CNc1ncnc(Cl)c1C=O. The number of carbonyl (C=O) groups excluding carboxylic acids is 1. The Morgan fingerprint density at radius 3 is 2.88 bits per heavy atom. The summed E-state index contributed by atoms with van der Waals surface area (Å²) in [7, 11) is 0. The first-order valence-corrected chi connectivity index (χ1v) is 4.91. The molecule has 0 amide bonds. The molecule has 6 nitrogen and oxygen atoms in total. The summed E-state index contributed by atoms with van der Waals surface area (Å²) in [5, 5.41) is 21.1. The molecule has 0 radical (unpaired) electrons. The third-order valence-corrected chi connectivity index (χ3v) is 2.23. The lowest BCUT2D eigenvalue weighted by Gasteiger charge is -2.21. The van der Waals surface area contributed by atoms with Gasteiger partial charge in [0.05, 0.1) is 12.2 Å². The molecule has 1 atom stereocenters. The molecule has 1 rings (SSSR count). The number of aldehydes is 1. The highest BCUT2D eigenvalue weighted by molar-refractivity contribution is 6.32. The maximum absolute atomic E-state index is 10.7. The van der Waals surface area contributed by atoms with Gasteiger partial charge in [0.25, 0.3) is 0 Å². The van der Waals surface area contributed by atoms with E-state index in [9.17, 15) is 9.90 Å². The predicted octanol–water partition coefficient (Wildman–Crippen LogP) is 0.0977. The van der Waals surface area contributed by atoms with E-state index in [0.29, 0.717) is 6.29 Å². The van der Waals surface area contributed by atoms with Crippen molar-refractivity contribution in [2.75, 3.05) is 18.5 Å². The summed E-state index contributed by atoms with van der Waals surface area (Å²) >= 11 is 5.68. The molecule has 7 heteroatoms. The molecule has 0 spiro atoms. The third-order valence-electron chi connectivity index (χ3n) is 1.93. The van der Waals surface area contributed by atoms with Gasteiger partial charge in [-0.05, 0) is 6.92 Å². The van der Waals surface area contributed by atoms with Crippen molar-refractivity contribution in [2.45, 2.75) is 12.5 Å². The summed E-state index contributed by atoms with van der Waals surface area (Å²) < 4.78 is 0. The van der Waals surface area contributed by atoms with Gasteiger partial charge in [0.2, 0.25) is 0 Å². The van der Waals surface area contributed by atoms with Crippen LogP contribution in [0.4, 0.5) is 5.82 Å². The Kier molecular flexibility index (Phi) is 4.17. The van der Waals surface area contributed by atoms with Crippen LogP contribution in [0.15, 0.2) is 6.33 Å². The largest absolute Gasteiger partial charge is 0.393 e. The minimum atomic E-state index is -1.29. The minimum absolute atomic E-state index is 0.0381. The lowest BCUT2D eigenvalue weighted by molar-refractivity contribution is 0.0131. The molecule has 88 valence electrons. The summed E-state index contributed by atoms with van der Waals surface area (Å²) in [6.07, 6.45) is 1.73. The Morgan fingerprint density at radius 1 is 1.62 bits per heavy atom. The van der Waals surface area contributed by atoms with E-state index >= 15 is 0 Å². The van der Waals surface area contributed by atoms with Crippen LogP contribution in [0, 0.1) is 0 Å². The van der Waals surface area contributed by atoms with Crippen LogP contribution >= 0.6 is 11.6 Å². The molecule has 1 unspecified atom stereocenters. The number of aromatic nitrogens is 2. The molecule has 0 aliphatic heterocycles. The standard InChI is InChI=1S/C9H12ClN3O3/c1-9(16,4-15)3-11-8-6(2-14)7(10)12-5-13-8/h2,5,15-16H,3-4H2,1H3,(H,11,12,13). The number of aliphatic hydroxyl groups excluding tert-OH is 1. The van der Waals surface area contributed by atoms with Crippen molar-refractivity contribution in [2.24, 2.45) is 0 Å². The number of nitrogens with zero attached hydrogens (tertiary/aromatic N) is 2. The predicted molar refractivity (Wildman–Crippen MR) is 58.6 cm³/mol. The smallest absolute Gasteiger partial charge is 0.156 e. The molecule has 1 aromatic heterocycles. The second-order valence-corrected chi connectivity index (χ2v) is 3.91. The van der Waals surface area contributed by atoms with E-state index in [1.165, 1.54) is 13.3 Å². The summed E-state index contributed by atoms with van der Waals surface area (Å²) in [5.41, 5.74) is -1.17. The summed E-state index contributed by atoms with van der Waals surface area (Å²) in [4.78, 5) is 18.2. The second kappa shape index (κ2) is 5.20. The number of carbonyl (C=O) groups is 1. The van der Waals surface area contributed by atoms with Gasteiger partial charge in [0.15, 0.2) is 6.29 Å². The highest BCUT2D eigenvalue weighted by atomic mass is 35.5. The zero-order chi connectivity index (χ0) is 12.2. The van der Waals surface area contributed by atoms with Crippen LogP contribution in [0.5, 0.6) is 0 Å². The monoisotopic (exact) mass is 245 g/mol. The molecule has 16 heavy (non-hydrogen) atoms. The van der Waals surface area contributed by atoms with Crippen LogP contribution in [0.25, 0.3) is 0 Å². The molecule has 1 aromatic rings. The molecule has 0 fully saturated rings. The van der Waals surface area contributed by atoms with Gasteiger partial charge in [-0.3, -0.25) is 4.79 Å². The molecular weight excluding hydrogens is 234 g/mol. The number of anilines is 1. The fraction of sp³-hybridized carbons (Fsp3) is 0.444. The van der Waals surface area contributed by atoms with Crippen LogP contribution in [0.3, 0.4) is 0 Å². The van der Waals surface area contributed by atoms with Gasteiger partial charge in [-0.1, -0.05) is 11.6 Å². The fourth-order valence-electron chi connectivity index (χ4n) is 0.949. The maximum atomic E-state index is 10.7. The van der Waals surface area contributed by atoms with Crippen LogP contribution in [-0.2, 0) is 0 Å². The zero-order valence-corrected chi connectivity index (χ0v) is 9.40. The highest BCUT2D eigenvalue weighted by Gasteiger charge is 2.19. The van der Waals surface area contributed by atoms with E-state index in [0.717, 1.165) is 0 Å². The second-order valence-electron chi connectivity index (χ2n) is 3.55. The van der Waals surface area contributed by atoms with Crippen molar-refractivity contribution < 1.29 is 15.0 Å². The van der Waals surface area contributed by atoms with Crippen LogP contribution < -0.4 is 5.32 Å². The number of aliphatic hydroxyl groups is 2. The molecule has 0 saturated heterocycles. The summed E-state index contributed by atoms with van der Waals surface area (Å²) in [5.74, 6) is 0.226. The molecular formula is C9H12ClN3O3. The van der Waals surface area contributed by atoms with E-state index in [-0.39, 0.29) is 23.1 Å². The van der Waals surface area contributed by atoms with Gasteiger partial charge in [-0.15, -0.1) is 0 Å². The van der Waals surface area contributed by atoms with Crippen LogP contribution in [0.2, 0.25) is 5.15 Å². The van der Waals surface area contributed by atoms with Crippen LogP contribution in [0.1, 0.15) is 17.3 Å². The molecule has 0 bridgehead atoms. The number of hydrogen-bond acceptors (Lipinski definition) is 6. The van der Waals surface area contributed by atoms with Crippen molar-refractivity contribution in [1.82, 2.24) is 9.97 Å². The van der Waals surface area contributed by atoms with E-state index < -0.39 is 12.2 Å². The lowest BCUT2D eigenvalue weighted by Crippen LogP contribution is -2.37. The Morgan fingerprint density at radius 2 is 2.31 bits per heavy atom. The number of hydrogen-bond donors (Lipinski definition) is 3. The number of rotatable bonds is 5. The van der Waals surface area contributed by atoms with Crippen molar-refractivity contribution in [1.29, 1.82) is 0 Å². The van der Waals surface area contributed by atoms with Gasteiger partial charge < -0.3 is 15.5 Å². The highest BCUT2D eigenvalue weighted by Crippen LogP contribution is 2.17. The maximum Gasteiger partial charge on any atom is 0.156 e. The van der Waals surface area contributed by atoms with Crippen molar-refractivity contribution in [3.63, 3.8) is 0 Å². The fourth-order valence-corrected chi connectivity index (χ4v) is 1.13. The number of halogens is 1. The first kappa shape index (κ1) is 12.8. The molecule has 0 aliphatic rings. The normalized spacial score (nSPS) is 14.2. The van der Waals surface area contributed by atoms with E-state index in [1.54, 1.807) is 0 Å². The van der Waals surface area contributed by atoms with Crippen molar-refractivity contribution >= 4 is 23.7 Å². The minimum Gasteiger partial charge on any atom is -0.393 e.